The van der Waals surface area contributed by atoms with E-state index < -0.39 is 0 Å². The van der Waals surface area contributed by atoms with Gasteiger partial charge >= 0.3 is 0 Å². The molecule has 140 valence electrons. The predicted molar refractivity (Wildman–Crippen MR) is 96.9 cm³/mol. The van der Waals surface area contributed by atoms with Gasteiger partial charge in [0.05, 0.1) is 6.04 Å². The molecular formula is C20H33N3O2. The number of hydrogen-bond acceptors (Lipinski definition) is 3. The first kappa shape index (κ1) is 17.3. The van der Waals surface area contributed by atoms with Crippen molar-refractivity contribution in [2.45, 2.75) is 95.3 Å². The zero-order valence-corrected chi connectivity index (χ0v) is 15.4. The van der Waals surface area contributed by atoms with E-state index in [1.807, 2.05) is 0 Å². The third-order valence-corrected chi connectivity index (χ3v) is 7.30. The molecule has 0 bridgehead atoms. The van der Waals surface area contributed by atoms with Gasteiger partial charge in [-0.25, -0.2) is 0 Å². The van der Waals surface area contributed by atoms with E-state index in [1.54, 1.807) is 0 Å². The summed E-state index contributed by atoms with van der Waals surface area (Å²) in [6.07, 6.45) is 11.0. The molecule has 0 aromatic rings. The second kappa shape index (κ2) is 7.26. The number of nitrogens with one attached hydrogen (secondary N) is 3. The van der Waals surface area contributed by atoms with E-state index in [9.17, 15) is 9.59 Å². The van der Waals surface area contributed by atoms with E-state index in [4.69, 9.17) is 0 Å². The molecule has 4 aliphatic rings. The average Bonchev–Trinajstić information content (AvgIpc) is 3.22. The molecule has 7 unspecified atom stereocenters. The zero-order valence-electron chi connectivity index (χ0n) is 15.4. The lowest BCUT2D eigenvalue weighted by molar-refractivity contribution is -0.124. The number of fused-ring (bicyclic) bond motifs is 1. The van der Waals surface area contributed by atoms with E-state index in [1.165, 1.54) is 32.1 Å². The SMILES string of the molecule is CC1CCCC2CC(C(=O)NC3CCCCC3C3CCC(=O)N3)NC12. The minimum absolute atomic E-state index is 0.0173. The van der Waals surface area contributed by atoms with Crippen molar-refractivity contribution >= 4 is 11.8 Å². The van der Waals surface area contributed by atoms with E-state index in [2.05, 4.69) is 22.9 Å². The highest BCUT2D eigenvalue weighted by molar-refractivity contribution is 5.82. The molecule has 2 aliphatic carbocycles. The van der Waals surface area contributed by atoms with Crippen LogP contribution in [0.2, 0.25) is 0 Å². The van der Waals surface area contributed by atoms with Crippen molar-refractivity contribution in [3.63, 3.8) is 0 Å². The van der Waals surface area contributed by atoms with Gasteiger partial charge in [0.25, 0.3) is 0 Å². The van der Waals surface area contributed by atoms with Crippen molar-refractivity contribution in [1.29, 1.82) is 0 Å². The van der Waals surface area contributed by atoms with Gasteiger partial charge in [-0.1, -0.05) is 26.2 Å². The third-order valence-electron chi connectivity index (χ3n) is 7.30. The highest BCUT2D eigenvalue weighted by atomic mass is 16.2. The summed E-state index contributed by atoms with van der Waals surface area (Å²) in [5.74, 6) is 2.15. The highest BCUT2D eigenvalue weighted by Gasteiger charge is 2.43. The quantitative estimate of drug-likeness (QED) is 0.732. The molecule has 7 atom stereocenters. The Morgan fingerprint density at radius 3 is 2.68 bits per heavy atom. The lowest BCUT2D eigenvalue weighted by atomic mass is 9.78. The largest absolute Gasteiger partial charge is 0.353 e. The minimum atomic E-state index is -0.0173. The smallest absolute Gasteiger partial charge is 0.237 e. The third kappa shape index (κ3) is 3.57. The van der Waals surface area contributed by atoms with Crippen molar-refractivity contribution in [2.24, 2.45) is 17.8 Å². The molecule has 3 N–H and O–H groups in total. The molecule has 0 radical (unpaired) electrons. The molecular weight excluding hydrogens is 314 g/mol. The van der Waals surface area contributed by atoms with E-state index in [-0.39, 0.29) is 29.9 Å². The van der Waals surface area contributed by atoms with Crippen molar-refractivity contribution in [1.82, 2.24) is 16.0 Å². The Hall–Kier alpha value is -1.10. The maximum atomic E-state index is 12.9. The van der Waals surface area contributed by atoms with Gasteiger partial charge in [0.2, 0.25) is 11.8 Å². The Balaban J connectivity index is 1.37. The van der Waals surface area contributed by atoms with Crippen LogP contribution >= 0.6 is 0 Å². The fourth-order valence-electron chi connectivity index (χ4n) is 5.94. The fourth-order valence-corrected chi connectivity index (χ4v) is 5.94. The Labute approximate surface area is 151 Å². The first-order valence-corrected chi connectivity index (χ1v) is 10.5. The van der Waals surface area contributed by atoms with Crippen LogP contribution in [0.3, 0.4) is 0 Å². The van der Waals surface area contributed by atoms with Gasteiger partial charge < -0.3 is 16.0 Å². The Bertz CT molecular complexity index is 523. The summed E-state index contributed by atoms with van der Waals surface area (Å²) in [4.78, 5) is 24.5. The number of amides is 2. The van der Waals surface area contributed by atoms with Gasteiger partial charge in [-0.15, -0.1) is 0 Å². The van der Waals surface area contributed by atoms with Crippen LogP contribution in [0.1, 0.15) is 71.1 Å². The van der Waals surface area contributed by atoms with E-state index in [0.29, 0.717) is 30.2 Å². The normalized spacial score (nSPS) is 44.2. The van der Waals surface area contributed by atoms with Crippen LogP contribution < -0.4 is 16.0 Å². The summed E-state index contributed by atoms with van der Waals surface area (Å²) in [5, 5.41) is 10.2. The summed E-state index contributed by atoms with van der Waals surface area (Å²) in [7, 11) is 0. The van der Waals surface area contributed by atoms with Crippen molar-refractivity contribution in [3.05, 3.63) is 0 Å². The topological polar surface area (TPSA) is 70.2 Å². The minimum Gasteiger partial charge on any atom is -0.353 e. The van der Waals surface area contributed by atoms with Gasteiger partial charge in [0.1, 0.15) is 0 Å². The molecule has 5 heteroatoms. The molecule has 4 rings (SSSR count). The molecule has 4 fully saturated rings. The van der Waals surface area contributed by atoms with Crippen molar-refractivity contribution in [3.8, 4) is 0 Å². The van der Waals surface area contributed by atoms with Crippen molar-refractivity contribution < 1.29 is 9.59 Å². The molecule has 0 aromatic carbocycles. The lowest BCUT2D eigenvalue weighted by Crippen LogP contribution is -2.53. The first-order valence-electron chi connectivity index (χ1n) is 10.5. The molecule has 25 heavy (non-hydrogen) atoms. The van der Waals surface area contributed by atoms with Crippen molar-refractivity contribution in [2.75, 3.05) is 0 Å². The van der Waals surface area contributed by atoms with Crippen LogP contribution in [0.5, 0.6) is 0 Å². The van der Waals surface area contributed by atoms with Crippen LogP contribution in [0.25, 0.3) is 0 Å². The van der Waals surface area contributed by atoms with Crippen LogP contribution in [-0.4, -0.2) is 36.0 Å². The summed E-state index contributed by atoms with van der Waals surface area (Å²) >= 11 is 0. The number of rotatable bonds is 3. The van der Waals surface area contributed by atoms with Gasteiger partial charge in [-0.2, -0.15) is 0 Å². The second-order valence-corrected chi connectivity index (χ2v) is 8.93. The molecule has 2 saturated carbocycles. The molecule has 2 heterocycles. The Morgan fingerprint density at radius 2 is 1.92 bits per heavy atom. The van der Waals surface area contributed by atoms with Gasteiger partial charge in [-0.05, 0) is 56.3 Å². The maximum absolute atomic E-state index is 12.9. The molecule has 0 spiro atoms. The van der Waals surface area contributed by atoms with Crippen LogP contribution in [0.4, 0.5) is 0 Å². The zero-order chi connectivity index (χ0) is 17.4. The molecule has 2 amide bonds. The Morgan fingerprint density at radius 1 is 1.08 bits per heavy atom. The number of hydrogen-bond donors (Lipinski definition) is 3. The fraction of sp³-hybridized carbons (Fsp3) is 0.900. The Kier molecular flexibility index (Phi) is 5.03. The van der Waals surface area contributed by atoms with Gasteiger partial charge in [0.15, 0.2) is 0 Å². The molecule has 0 aromatic heterocycles. The highest BCUT2D eigenvalue weighted by Crippen LogP contribution is 2.37. The predicted octanol–water partition coefficient (Wildman–Crippen LogP) is 2.11. The standard InChI is InChI=1S/C20H33N3O2/c1-12-5-4-6-13-11-17(22-19(12)13)20(25)23-15-8-3-2-7-14(15)16-9-10-18(24)21-16/h12-17,19,22H,2-11H2,1H3,(H,21,24)(H,23,25). The van der Waals surface area contributed by atoms with Gasteiger partial charge in [0, 0.05) is 24.5 Å². The second-order valence-electron chi connectivity index (χ2n) is 8.93. The summed E-state index contributed by atoms with van der Waals surface area (Å²) in [6.45, 7) is 2.32. The maximum Gasteiger partial charge on any atom is 0.237 e. The number of carbonyl (C=O) groups excluding carboxylic acids is 2. The lowest BCUT2D eigenvalue weighted by Gasteiger charge is -2.36. The van der Waals surface area contributed by atoms with Gasteiger partial charge in [-0.3, -0.25) is 9.59 Å². The van der Waals surface area contributed by atoms with Crippen LogP contribution in [-0.2, 0) is 9.59 Å². The molecule has 2 aliphatic heterocycles. The van der Waals surface area contributed by atoms with E-state index in [0.717, 1.165) is 25.7 Å². The molecule has 2 saturated heterocycles. The summed E-state index contributed by atoms with van der Waals surface area (Å²) < 4.78 is 0. The van der Waals surface area contributed by atoms with Crippen LogP contribution in [0, 0.1) is 17.8 Å². The first-order chi connectivity index (χ1) is 12.1. The summed E-state index contributed by atoms with van der Waals surface area (Å²) in [6, 6.07) is 1.00. The number of carbonyl (C=O) groups is 2. The molecule has 5 nitrogen and oxygen atoms in total. The van der Waals surface area contributed by atoms with E-state index >= 15 is 0 Å². The monoisotopic (exact) mass is 347 g/mol. The van der Waals surface area contributed by atoms with Crippen LogP contribution in [0.15, 0.2) is 0 Å². The summed E-state index contributed by atoms with van der Waals surface area (Å²) in [5.41, 5.74) is 0. The average molecular weight is 348 g/mol.